The van der Waals surface area contributed by atoms with Crippen molar-refractivity contribution in [1.29, 1.82) is 0 Å². The van der Waals surface area contributed by atoms with Gasteiger partial charge >= 0.3 is 11.9 Å². The van der Waals surface area contributed by atoms with Crippen molar-refractivity contribution >= 4 is 46.8 Å². The Morgan fingerprint density at radius 3 is 2.23 bits per heavy atom. The van der Waals surface area contributed by atoms with Crippen molar-refractivity contribution < 1.29 is 23.9 Å². The minimum absolute atomic E-state index is 0.131. The minimum Gasteiger partial charge on any atom is -0.468 e. The first-order chi connectivity index (χ1) is 16.8. The first kappa shape index (κ1) is 25.7. The van der Waals surface area contributed by atoms with Gasteiger partial charge in [-0.25, -0.2) is 0 Å². The molecular weight excluding hydrogens is 466 g/mol. The van der Waals surface area contributed by atoms with Gasteiger partial charge < -0.3 is 14.8 Å². The van der Waals surface area contributed by atoms with E-state index in [-0.39, 0.29) is 12.2 Å². The molecule has 0 radical (unpaired) electrons. The van der Waals surface area contributed by atoms with Crippen LogP contribution < -0.4 is 5.32 Å². The average molecular weight is 492 g/mol. The number of para-hydroxylation sites is 1. The Balaban J connectivity index is 1.78. The van der Waals surface area contributed by atoms with Crippen molar-refractivity contribution in [1.82, 2.24) is 0 Å². The smallest absolute Gasteiger partial charge is 0.320 e. The van der Waals surface area contributed by atoms with E-state index in [2.05, 4.69) is 5.32 Å². The molecular formula is C28H26ClNO5. The summed E-state index contributed by atoms with van der Waals surface area (Å²) in [6, 6.07) is 20.1. The van der Waals surface area contributed by atoms with Crippen LogP contribution in [0.15, 0.2) is 72.8 Å². The van der Waals surface area contributed by atoms with Gasteiger partial charge in [-0.2, -0.15) is 0 Å². The lowest BCUT2D eigenvalue weighted by Crippen LogP contribution is -2.25. The van der Waals surface area contributed by atoms with E-state index in [1.165, 1.54) is 14.2 Å². The molecule has 0 aromatic heterocycles. The lowest BCUT2D eigenvalue weighted by Gasteiger charge is -2.13. The van der Waals surface area contributed by atoms with E-state index in [0.717, 1.165) is 16.8 Å². The fourth-order valence-electron chi connectivity index (χ4n) is 3.57. The maximum atomic E-state index is 12.9. The molecule has 3 aromatic rings. The number of ketones is 1. The van der Waals surface area contributed by atoms with Crippen LogP contribution in [-0.4, -0.2) is 31.9 Å². The lowest BCUT2D eigenvalue weighted by molar-refractivity contribution is -0.158. The van der Waals surface area contributed by atoms with Gasteiger partial charge in [0.25, 0.3) is 0 Å². The lowest BCUT2D eigenvalue weighted by atomic mass is 9.99. The molecule has 3 aromatic carbocycles. The highest BCUT2D eigenvalue weighted by atomic mass is 35.5. The van der Waals surface area contributed by atoms with Crippen molar-refractivity contribution in [2.24, 2.45) is 5.92 Å². The van der Waals surface area contributed by atoms with Gasteiger partial charge in [0, 0.05) is 22.5 Å². The van der Waals surface area contributed by atoms with Gasteiger partial charge in [-0.3, -0.25) is 14.4 Å². The monoisotopic (exact) mass is 491 g/mol. The summed E-state index contributed by atoms with van der Waals surface area (Å²) in [5, 5.41) is 3.65. The molecule has 3 rings (SSSR count). The highest BCUT2D eigenvalue weighted by Crippen LogP contribution is 2.28. The molecule has 0 bridgehead atoms. The molecule has 180 valence electrons. The van der Waals surface area contributed by atoms with Gasteiger partial charge in [0.05, 0.1) is 19.2 Å². The number of halogens is 1. The van der Waals surface area contributed by atoms with E-state index in [9.17, 15) is 14.4 Å². The zero-order valence-electron chi connectivity index (χ0n) is 19.7. The SMILES string of the molecule is COC(=O)C(C/C=C/c1ccccc1Nc1ccc(C(=O)c2ccccc2C)c(Cl)c1)C(=O)OC. The van der Waals surface area contributed by atoms with E-state index in [4.69, 9.17) is 21.1 Å². The van der Waals surface area contributed by atoms with Gasteiger partial charge in [-0.15, -0.1) is 0 Å². The van der Waals surface area contributed by atoms with E-state index in [1.54, 1.807) is 36.4 Å². The van der Waals surface area contributed by atoms with E-state index >= 15 is 0 Å². The largest absolute Gasteiger partial charge is 0.468 e. The number of allylic oxidation sites excluding steroid dienone is 1. The number of anilines is 2. The van der Waals surface area contributed by atoms with Gasteiger partial charge in [0.2, 0.25) is 0 Å². The van der Waals surface area contributed by atoms with E-state index in [1.807, 2.05) is 49.4 Å². The Hall–Kier alpha value is -3.90. The van der Waals surface area contributed by atoms with Crippen LogP contribution >= 0.6 is 11.6 Å². The molecule has 0 saturated heterocycles. The number of carbonyl (C=O) groups is 3. The second kappa shape index (κ2) is 12.0. The predicted molar refractivity (Wildman–Crippen MR) is 137 cm³/mol. The second-order valence-corrected chi connectivity index (χ2v) is 8.20. The number of hydrogen-bond donors (Lipinski definition) is 1. The summed E-state index contributed by atoms with van der Waals surface area (Å²) in [6.07, 6.45) is 3.66. The number of rotatable bonds is 9. The summed E-state index contributed by atoms with van der Waals surface area (Å²) >= 11 is 6.48. The number of carbonyl (C=O) groups excluding carboxylic acids is 3. The summed E-state index contributed by atoms with van der Waals surface area (Å²) in [6.45, 7) is 1.89. The topological polar surface area (TPSA) is 81.7 Å². The molecule has 0 amide bonds. The molecule has 0 heterocycles. The minimum atomic E-state index is -1.03. The summed E-state index contributed by atoms with van der Waals surface area (Å²) < 4.78 is 9.38. The maximum Gasteiger partial charge on any atom is 0.320 e. The number of nitrogens with one attached hydrogen (secondary N) is 1. The molecule has 6 nitrogen and oxygen atoms in total. The number of esters is 2. The number of benzene rings is 3. The third-order valence-corrected chi connectivity index (χ3v) is 5.80. The molecule has 0 saturated carbocycles. The van der Waals surface area contributed by atoms with E-state index < -0.39 is 17.9 Å². The summed E-state index contributed by atoms with van der Waals surface area (Å²) in [7, 11) is 2.46. The highest BCUT2D eigenvalue weighted by Gasteiger charge is 2.27. The molecule has 1 N–H and O–H groups in total. The molecule has 0 fully saturated rings. The third-order valence-electron chi connectivity index (χ3n) is 5.48. The Morgan fingerprint density at radius 1 is 0.914 bits per heavy atom. The molecule has 35 heavy (non-hydrogen) atoms. The van der Waals surface area contributed by atoms with Crippen LogP contribution in [0.25, 0.3) is 6.08 Å². The van der Waals surface area contributed by atoms with Gasteiger partial charge in [-0.05, 0) is 48.7 Å². The summed E-state index contributed by atoms with van der Waals surface area (Å²) in [5.74, 6) is -2.46. The molecule has 7 heteroatoms. The van der Waals surface area contributed by atoms with Gasteiger partial charge in [-0.1, -0.05) is 66.2 Å². The van der Waals surface area contributed by atoms with Crippen molar-refractivity contribution in [3.05, 3.63) is 100 Å². The third kappa shape index (κ3) is 6.37. The Morgan fingerprint density at radius 2 is 1.57 bits per heavy atom. The average Bonchev–Trinajstić information content (AvgIpc) is 2.86. The zero-order valence-corrected chi connectivity index (χ0v) is 20.5. The van der Waals surface area contributed by atoms with Crippen molar-refractivity contribution in [3.8, 4) is 0 Å². The van der Waals surface area contributed by atoms with Crippen molar-refractivity contribution in [3.63, 3.8) is 0 Å². The number of methoxy groups -OCH3 is 2. The normalized spacial score (nSPS) is 10.9. The fraction of sp³-hybridized carbons (Fsp3) is 0.179. The Labute approximate surface area is 209 Å². The first-order valence-electron chi connectivity index (χ1n) is 10.9. The molecule has 0 aliphatic rings. The quantitative estimate of drug-likeness (QED) is 0.225. The van der Waals surface area contributed by atoms with Crippen molar-refractivity contribution in [2.45, 2.75) is 13.3 Å². The zero-order chi connectivity index (χ0) is 25.4. The van der Waals surface area contributed by atoms with Crippen LogP contribution in [0, 0.1) is 12.8 Å². The Kier molecular flexibility index (Phi) is 8.81. The molecule has 0 unspecified atom stereocenters. The van der Waals surface area contributed by atoms with Crippen LogP contribution in [-0.2, 0) is 19.1 Å². The number of aryl methyl sites for hydroxylation is 1. The predicted octanol–water partition coefficient (Wildman–Crippen LogP) is 5.99. The fourth-order valence-corrected chi connectivity index (χ4v) is 3.83. The van der Waals surface area contributed by atoms with Crippen LogP contribution in [0.4, 0.5) is 11.4 Å². The number of ether oxygens (including phenoxy) is 2. The van der Waals surface area contributed by atoms with Crippen molar-refractivity contribution in [2.75, 3.05) is 19.5 Å². The molecule has 0 atom stereocenters. The van der Waals surface area contributed by atoms with Gasteiger partial charge in [0.15, 0.2) is 11.7 Å². The maximum absolute atomic E-state index is 12.9. The first-order valence-corrected chi connectivity index (χ1v) is 11.3. The standard InChI is InChI=1S/C28H26ClNO5/c1-18-9-4-6-12-21(18)26(31)22-16-15-20(17-24(22)29)30-25-14-7-5-10-19(25)11-8-13-23(27(32)34-2)28(33)35-3/h4-12,14-17,23,30H,13H2,1-3H3/b11-8+. The van der Waals surface area contributed by atoms with Crippen LogP contribution in [0.5, 0.6) is 0 Å². The summed E-state index contributed by atoms with van der Waals surface area (Å²) in [5.41, 5.74) is 4.25. The molecule has 0 aliphatic heterocycles. The molecule has 0 spiro atoms. The van der Waals surface area contributed by atoms with Crippen LogP contribution in [0.1, 0.15) is 33.5 Å². The van der Waals surface area contributed by atoms with Crippen LogP contribution in [0.2, 0.25) is 5.02 Å². The number of hydrogen-bond acceptors (Lipinski definition) is 6. The second-order valence-electron chi connectivity index (χ2n) is 7.79. The molecule has 0 aliphatic carbocycles. The van der Waals surface area contributed by atoms with Crippen LogP contribution in [0.3, 0.4) is 0 Å². The van der Waals surface area contributed by atoms with Gasteiger partial charge in [0.1, 0.15) is 0 Å². The summed E-state index contributed by atoms with van der Waals surface area (Å²) in [4.78, 5) is 36.7. The van der Waals surface area contributed by atoms with E-state index in [0.29, 0.717) is 21.8 Å². The Bertz CT molecular complexity index is 1250. The highest BCUT2D eigenvalue weighted by molar-refractivity contribution is 6.35.